The average Bonchev–Trinajstić information content (AvgIpc) is 2.84. The summed E-state index contributed by atoms with van der Waals surface area (Å²) in [4.78, 5) is 0. The van der Waals surface area contributed by atoms with Gasteiger partial charge in [0.1, 0.15) is 0 Å². The van der Waals surface area contributed by atoms with Gasteiger partial charge in [-0.15, -0.1) is 0 Å². The Morgan fingerprint density at radius 1 is 0.390 bits per heavy atom. The number of ether oxygens (including phenoxy) is 2. The van der Waals surface area contributed by atoms with Crippen LogP contribution in [0.3, 0.4) is 0 Å². The lowest BCUT2D eigenvalue weighted by Gasteiger charge is -2.43. The normalized spacial score (nSPS) is 15.5. The van der Waals surface area contributed by atoms with Crippen molar-refractivity contribution in [2.24, 2.45) is 0 Å². The number of alkyl halides is 17. The van der Waals surface area contributed by atoms with E-state index in [4.69, 9.17) is 9.47 Å². The van der Waals surface area contributed by atoms with Gasteiger partial charge >= 0.3 is 47.6 Å². The molecule has 0 aromatic heterocycles. The van der Waals surface area contributed by atoms with Crippen LogP contribution < -0.4 is 0 Å². The molecule has 0 aromatic carbocycles. The summed E-state index contributed by atoms with van der Waals surface area (Å²) in [6.07, 6.45) is -7.60. The average molecular weight is 648 g/mol. The molecule has 0 aliphatic heterocycles. The first kappa shape index (κ1) is 39.7. The molecule has 0 heterocycles. The van der Waals surface area contributed by atoms with Gasteiger partial charge in [-0.1, -0.05) is 45.4 Å². The lowest BCUT2D eigenvalue weighted by Crippen LogP contribution is -2.74. The maximum atomic E-state index is 14.3. The van der Waals surface area contributed by atoms with Crippen LogP contribution in [0.25, 0.3) is 0 Å². The smallest absolute Gasteiger partial charge is 0.353 e. The monoisotopic (exact) mass is 648 g/mol. The van der Waals surface area contributed by atoms with Gasteiger partial charge < -0.3 is 9.47 Å². The number of rotatable bonds is 19. The molecule has 0 bridgehead atoms. The zero-order chi connectivity index (χ0) is 33.0. The summed E-state index contributed by atoms with van der Waals surface area (Å²) in [5.74, 6) is -58.6. The molecule has 0 aliphatic rings. The standard InChI is InChI=1S/C22H29F17O2/c1-4-5-6-7-8-9-10-11-14(40-2,41-3)12-13-15(23,24)16(25,26)17(27,28)18(29,30)19(31,32)20(33,34)21(35,36)22(37,38)39/h4-13H2,1-3H3. The lowest BCUT2D eigenvalue weighted by molar-refractivity contribution is -0.462. The summed E-state index contributed by atoms with van der Waals surface area (Å²) in [5.41, 5.74) is 0. The van der Waals surface area contributed by atoms with E-state index in [-0.39, 0.29) is 12.8 Å². The summed E-state index contributed by atoms with van der Waals surface area (Å²) in [7, 11) is 1.60. The SMILES string of the molecule is CCCCCCCCCC(CCC(F)(F)C(F)(F)C(F)(F)C(F)(F)C(F)(F)C(F)(F)C(F)(F)C(F)(F)F)(OC)OC. The number of unbranched alkanes of at least 4 members (excludes halogenated alkanes) is 6. The fraction of sp³-hybridized carbons (Fsp3) is 1.00. The van der Waals surface area contributed by atoms with Crippen LogP contribution in [0.1, 0.15) is 71.1 Å². The van der Waals surface area contributed by atoms with Crippen LogP contribution in [0.5, 0.6) is 0 Å². The molecule has 19 heteroatoms. The van der Waals surface area contributed by atoms with Gasteiger partial charge in [-0.05, 0) is 6.42 Å². The molecule has 0 saturated carbocycles. The van der Waals surface area contributed by atoms with Gasteiger partial charge in [0.25, 0.3) is 0 Å². The summed E-state index contributed by atoms with van der Waals surface area (Å²) >= 11 is 0. The molecule has 248 valence electrons. The van der Waals surface area contributed by atoms with Gasteiger partial charge in [0.05, 0.1) is 0 Å². The Hall–Kier alpha value is -1.27. The Bertz CT molecular complexity index is 804. The predicted octanol–water partition coefficient (Wildman–Crippen LogP) is 9.91. The molecule has 0 fully saturated rings. The molecule has 41 heavy (non-hydrogen) atoms. The molecule has 2 nitrogen and oxygen atoms in total. The van der Waals surface area contributed by atoms with Crippen LogP contribution in [-0.4, -0.2) is 67.6 Å². The molecule has 0 unspecified atom stereocenters. The van der Waals surface area contributed by atoms with Crippen molar-refractivity contribution < 1.29 is 84.1 Å². The van der Waals surface area contributed by atoms with Crippen molar-refractivity contribution in [3.05, 3.63) is 0 Å². The third-order valence-corrected chi connectivity index (χ3v) is 6.51. The molecule has 0 radical (unpaired) electrons. The summed E-state index contributed by atoms with van der Waals surface area (Å²) in [6, 6.07) is 0. The molecular formula is C22H29F17O2. The molecule has 0 aliphatic carbocycles. The van der Waals surface area contributed by atoms with Crippen molar-refractivity contribution in [2.75, 3.05) is 14.2 Å². The van der Waals surface area contributed by atoms with Crippen LogP contribution in [0.4, 0.5) is 74.6 Å². The van der Waals surface area contributed by atoms with Crippen LogP contribution >= 0.6 is 0 Å². The van der Waals surface area contributed by atoms with E-state index in [2.05, 4.69) is 0 Å². The van der Waals surface area contributed by atoms with Crippen LogP contribution in [0, 0.1) is 0 Å². The third-order valence-electron chi connectivity index (χ3n) is 6.51. The molecule has 0 N–H and O–H groups in total. The van der Waals surface area contributed by atoms with Gasteiger partial charge in [0.15, 0.2) is 5.79 Å². The van der Waals surface area contributed by atoms with Gasteiger partial charge in [-0.25, -0.2) is 0 Å². The topological polar surface area (TPSA) is 18.5 Å². The molecule has 0 atom stereocenters. The van der Waals surface area contributed by atoms with E-state index in [9.17, 15) is 74.6 Å². The number of hydrogen-bond acceptors (Lipinski definition) is 2. The zero-order valence-electron chi connectivity index (χ0n) is 21.8. The van der Waals surface area contributed by atoms with Crippen molar-refractivity contribution in [3.63, 3.8) is 0 Å². The van der Waals surface area contributed by atoms with Crippen LogP contribution in [0.2, 0.25) is 0 Å². The Morgan fingerprint density at radius 3 is 1.10 bits per heavy atom. The highest BCUT2D eigenvalue weighted by Crippen LogP contribution is 2.64. The second-order valence-corrected chi connectivity index (χ2v) is 9.34. The molecule has 0 rings (SSSR count). The number of hydrogen-bond donors (Lipinski definition) is 0. The van der Waals surface area contributed by atoms with Gasteiger partial charge in [-0.2, -0.15) is 74.6 Å². The first-order valence-corrected chi connectivity index (χ1v) is 12.0. The van der Waals surface area contributed by atoms with Gasteiger partial charge in [0, 0.05) is 33.5 Å². The molecule has 0 saturated heterocycles. The highest BCUT2D eigenvalue weighted by Gasteiger charge is 2.95. The quantitative estimate of drug-likeness (QED) is 0.0789. The zero-order valence-corrected chi connectivity index (χ0v) is 21.8. The van der Waals surface area contributed by atoms with Crippen molar-refractivity contribution in [3.8, 4) is 0 Å². The molecular weight excluding hydrogens is 619 g/mol. The van der Waals surface area contributed by atoms with E-state index in [1.54, 1.807) is 0 Å². The minimum atomic E-state index is -8.64. The fourth-order valence-corrected chi connectivity index (χ4v) is 3.67. The summed E-state index contributed by atoms with van der Waals surface area (Å²) < 4.78 is 238. The Balaban J connectivity index is 6.09. The van der Waals surface area contributed by atoms with E-state index in [1.807, 2.05) is 6.92 Å². The van der Waals surface area contributed by atoms with Gasteiger partial charge in [-0.3, -0.25) is 0 Å². The van der Waals surface area contributed by atoms with Crippen molar-refractivity contribution in [2.45, 2.75) is 125 Å². The van der Waals surface area contributed by atoms with Crippen LogP contribution in [0.15, 0.2) is 0 Å². The van der Waals surface area contributed by atoms with E-state index in [0.29, 0.717) is 12.8 Å². The lowest BCUT2D eigenvalue weighted by atomic mass is 9.87. The van der Waals surface area contributed by atoms with Crippen molar-refractivity contribution in [1.82, 2.24) is 0 Å². The highest BCUT2D eigenvalue weighted by atomic mass is 19.4. The largest absolute Gasteiger partial charge is 0.460 e. The Labute approximate surface area is 223 Å². The molecule has 0 aromatic rings. The maximum absolute atomic E-state index is 14.3. The Kier molecular flexibility index (Phi) is 12.8. The predicted molar refractivity (Wildman–Crippen MR) is 109 cm³/mol. The fourth-order valence-electron chi connectivity index (χ4n) is 3.67. The second-order valence-electron chi connectivity index (χ2n) is 9.34. The number of methoxy groups -OCH3 is 2. The first-order chi connectivity index (χ1) is 18.1. The molecule has 0 amide bonds. The van der Waals surface area contributed by atoms with Crippen LogP contribution in [-0.2, 0) is 9.47 Å². The van der Waals surface area contributed by atoms with Crippen molar-refractivity contribution in [1.29, 1.82) is 0 Å². The number of halogens is 17. The Morgan fingerprint density at radius 2 is 0.732 bits per heavy atom. The van der Waals surface area contributed by atoms with Gasteiger partial charge in [0.2, 0.25) is 0 Å². The third kappa shape index (κ3) is 7.28. The highest BCUT2D eigenvalue weighted by molar-refractivity contribution is 5.15. The second kappa shape index (κ2) is 13.2. The van der Waals surface area contributed by atoms with E-state index in [1.165, 1.54) is 0 Å². The van der Waals surface area contributed by atoms with E-state index in [0.717, 1.165) is 39.9 Å². The maximum Gasteiger partial charge on any atom is 0.460 e. The van der Waals surface area contributed by atoms with E-state index >= 15 is 0 Å². The van der Waals surface area contributed by atoms with Crippen molar-refractivity contribution >= 4 is 0 Å². The van der Waals surface area contributed by atoms with E-state index < -0.39 is 66.3 Å². The minimum absolute atomic E-state index is 0.124. The minimum Gasteiger partial charge on any atom is -0.353 e. The first-order valence-electron chi connectivity index (χ1n) is 12.0. The molecule has 0 spiro atoms. The summed E-state index contributed by atoms with van der Waals surface area (Å²) in [5, 5.41) is 0. The summed E-state index contributed by atoms with van der Waals surface area (Å²) in [6.45, 7) is 1.94.